The van der Waals surface area contributed by atoms with Crippen molar-refractivity contribution in [3.8, 4) is 12.5 Å². The third-order valence-electron chi connectivity index (χ3n) is 4.28. The lowest BCUT2D eigenvalue weighted by atomic mass is 9.72. The summed E-state index contributed by atoms with van der Waals surface area (Å²) in [5.41, 5.74) is 5.16. The van der Waals surface area contributed by atoms with Gasteiger partial charge in [-0.1, -0.05) is 61.8 Å². The number of ether oxygens (including phenoxy) is 1. The van der Waals surface area contributed by atoms with Crippen molar-refractivity contribution >= 4 is 5.97 Å². The van der Waals surface area contributed by atoms with Crippen LogP contribution in [0.5, 0.6) is 0 Å². The molecular weight excluding hydrogens is 296 g/mol. The minimum atomic E-state index is -0.526. The molecule has 0 heterocycles. The summed E-state index contributed by atoms with van der Waals surface area (Å²) in [6.45, 7) is 10.8. The van der Waals surface area contributed by atoms with E-state index in [4.69, 9.17) is 6.42 Å². The molecular formula is C22H28O2. The summed E-state index contributed by atoms with van der Waals surface area (Å²) in [5.74, 6) is -0.526. The highest BCUT2D eigenvalue weighted by atomic mass is 16.5. The van der Waals surface area contributed by atoms with Crippen molar-refractivity contribution in [1.29, 1.82) is 0 Å². The Morgan fingerprint density at radius 2 is 1.96 bits per heavy atom. The van der Waals surface area contributed by atoms with Crippen LogP contribution in [0.3, 0.4) is 0 Å². The summed E-state index contributed by atoms with van der Waals surface area (Å²) in [6, 6.07) is 0. The fraction of sp³-hybridized carbons (Fsp3) is 0.409. The second-order valence-corrected chi connectivity index (χ2v) is 6.96. The first-order valence-corrected chi connectivity index (χ1v) is 8.34. The SMILES string of the molecule is C#COC(=O)/C=C(C)/C=C/C=C(C)/C=C/C1=C(C)CCCC1(C)C. The molecule has 0 saturated carbocycles. The summed E-state index contributed by atoms with van der Waals surface area (Å²) in [6.07, 6.45) is 22.1. The zero-order chi connectivity index (χ0) is 18.2. The zero-order valence-corrected chi connectivity index (χ0v) is 15.5. The quantitative estimate of drug-likeness (QED) is 0.283. The van der Waals surface area contributed by atoms with Gasteiger partial charge in [-0.3, -0.25) is 0 Å². The Labute approximate surface area is 146 Å². The number of carbonyl (C=O) groups excluding carboxylic acids is 1. The van der Waals surface area contributed by atoms with Crippen molar-refractivity contribution in [2.45, 2.75) is 53.9 Å². The van der Waals surface area contributed by atoms with E-state index < -0.39 is 5.97 Å². The molecule has 0 atom stereocenters. The number of terminal acetylenes is 1. The minimum Gasteiger partial charge on any atom is -0.369 e. The number of hydrogen-bond donors (Lipinski definition) is 0. The van der Waals surface area contributed by atoms with Crippen molar-refractivity contribution in [2.75, 3.05) is 0 Å². The lowest BCUT2D eigenvalue weighted by Gasteiger charge is -2.32. The lowest BCUT2D eigenvalue weighted by molar-refractivity contribution is -0.131. The molecule has 0 bridgehead atoms. The Morgan fingerprint density at radius 1 is 1.25 bits per heavy atom. The summed E-state index contributed by atoms with van der Waals surface area (Å²) in [4.78, 5) is 11.2. The normalized spacial score (nSPS) is 19.0. The Balaban J connectivity index is 2.75. The molecule has 0 aliphatic heterocycles. The van der Waals surface area contributed by atoms with Gasteiger partial charge in [0.15, 0.2) is 0 Å². The third kappa shape index (κ3) is 6.46. The first-order chi connectivity index (χ1) is 11.3. The van der Waals surface area contributed by atoms with Gasteiger partial charge in [0, 0.05) is 6.08 Å². The highest BCUT2D eigenvalue weighted by Crippen LogP contribution is 2.40. The van der Waals surface area contributed by atoms with Gasteiger partial charge in [0.05, 0.1) is 0 Å². The molecule has 1 aliphatic carbocycles. The van der Waals surface area contributed by atoms with Crippen LogP contribution in [0.25, 0.3) is 0 Å². The minimum absolute atomic E-state index is 0.256. The topological polar surface area (TPSA) is 26.3 Å². The maximum Gasteiger partial charge on any atom is 0.344 e. The molecule has 128 valence electrons. The van der Waals surface area contributed by atoms with E-state index >= 15 is 0 Å². The molecule has 0 fully saturated rings. The molecule has 0 spiro atoms. The number of esters is 1. The average Bonchev–Trinajstić information content (AvgIpc) is 2.46. The van der Waals surface area contributed by atoms with Gasteiger partial charge in [-0.25, -0.2) is 4.79 Å². The monoisotopic (exact) mass is 324 g/mol. The van der Waals surface area contributed by atoms with Gasteiger partial charge < -0.3 is 4.74 Å². The van der Waals surface area contributed by atoms with Crippen LogP contribution in [0.4, 0.5) is 0 Å². The predicted molar refractivity (Wildman–Crippen MR) is 101 cm³/mol. The van der Waals surface area contributed by atoms with Crippen LogP contribution in [0.1, 0.15) is 53.9 Å². The van der Waals surface area contributed by atoms with E-state index in [1.807, 2.05) is 31.3 Å². The molecule has 24 heavy (non-hydrogen) atoms. The van der Waals surface area contributed by atoms with E-state index in [9.17, 15) is 4.79 Å². The first kappa shape index (κ1) is 19.8. The summed E-state index contributed by atoms with van der Waals surface area (Å²) in [5, 5.41) is 0. The zero-order valence-electron chi connectivity index (χ0n) is 15.5. The molecule has 0 unspecified atom stereocenters. The summed E-state index contributed by atoms with van der Waals surface area (Å²) in [7, 11) is 0. The second kappa shape index (κ2) is 9.13. The van der Waals surface area contributed by atoms with Crippen molar-refractivity contribution in [3.63, 3.8) is 0 Å². The van der Waals surface area contributed by atoms with Crippen molar-refractivity contribution < 1.29 is 9.53 Å². The maximum atomic E-state index is 11.2. The van der Waals surface area contributed by atoms with Gasteiger partial charge in [0.1, 0.15) is 6.11 Å². The molecule has 0 saturated heterocycles. The number of carbonyl (C=O) groups is 1. The number of allylic oxidation sites excluding steroid dienone is 9. The maximum absolute atomic E-state index is 11.2. The van der Waals surface area contributed by atoms with Gasteiger partial charge in [-0.2, -0.15) is 0 Å². The van der Waals surface area contributed by atoms with Crippen LogP contribution in [-0.4, -0.2) is 5.97 Å². The number of hydrogen-bond acceptors (Lipinski definition) is 2. The van der Waals surface area contributed by atoms with E-state index in [2.05, 4.69) is 44.6 Å². The lowest BCUT2D eigenvalue weighted by Crippen LogP contribution is -2.19. The molecule has 0 amide bonds. The van der Waals surface area contributed by atoms with Crippen LogP contribution >= 0.6 is 0 Å². The predicted octanol–water partition coefficient (Wildman–Crippen LogP) is 5.65. The molecule has 0 aromatic heterocycles. The van der Waals surface area contributed by atoms with E-state index in [0.29, 0.717) is 0 Å². The van der Waals surface area contributed by atoms with Crippen molar-refractivity contribution in [1.82, 2.24) is 0 Å². The fourth-order valence-electron chi connectivity index (χ4n) is 2.95. The Morgan fingerprint density at radius 3 is 2.58 bits per heavy atom. The van der Waals surface area contributed by atoms with Crippen LogP contribution in [-0.2, 0) is 9.53 Å². The largest absolute Gasteiger partial charge is 0.369 e. The van der Waals surface area contributed by atoms with Crippen LogP contribution in [0, 0.1) is 17.9 Å². The van der Waals surface area contributed by atoms with E-state index in [-0.39, 0.29) is 5.41 Å². The molecule has 2 nitrogen and oxygen atoms in total. The van der Waals surface area contributed by atoms with Gasteiger partial charge >= 0.3 is 5.97 Å². The molecule has 0 aromatic carbocycles. The average molecular weight is 324 g/mol. The fourth-order valence-corrected chi connectivity index (χ4v) is 2.95. The van der Waals surface area contributed by atoms with Gasteiger partial charge in [-0.15, -0.1) is 0 Å². The third-order valence-corrected chi connectivity index (χ3v) is 4.28. The summed E-state index contributed by atoms with van der Waals surface area (Å²) >= 11 is 0. The van der Waals surface area contributed by atoms with Crippen LogP contribution in [0.15, 0.2) is 58.7 Å². The highest BCUT2D eigenvalue weighted by Gasteiger charge is 2.26. The standard InChI is InChI=1S/C22H28O2/c1-7-24-21(23)16-18(3)11-8-10-17(2)13-14-20-19(4)12-9-15-22(20,5)6/h1,8,10-11,13-14,16H,9,12,15H2,2-6H3/b11-8+,14-13+,17-10+,18-16+. The molecule has 0 N–H and O–H groups in total. The van der Waals surface area contributed by atoms with Crippen LogP contribution < -0.4 is 0 Å². The van der Waals surface area contributed by atoms with E-state index in [1.165, 1.54) is 36.5 Å². The van der Waals surface area contributed by atoms with Crippen LogP contribution in [0.2, 0.25) is 0 Å². The Bertz CT molecular complexity index is 659. The van der Waals surface area contributed by atoms with Crippen molar-refractivity contribution in [3.05, 3.63) is 58.7 Å². The van der Waals surface area contributed by atoms with Gasteiger partial charge in [-0.05, 0) is 56.6 Å². The first-order valence-electron chi connectivity index (χ1n) is 8.34. The van der Waals surface area contributed by atoms with Gasteiger partial charge in [0.2, 0.25) is 0 Å². The summed E-state index contributed by atoms with van der Waals surface area (Å²) < 4.78 is 4.42. The van der Waals surface area contributed by atoms with E-state index in [1.54, 1.807) is 0 Å². The molecule has 1 rings (SSSR count). The molecule has 0 aromatic rings. The van der Waals surface area contributed by atoms with E-state index in [0.717, 1.165) is 11.1 Å². The van der Waals surface area contributed by atoms with Gasteiger partial charge in [0.25, 0.3) is 0 Å². The molecule has 1 aliphatic rings. The Kier molecular flexibility index (Phi) is 7.52. The molecule has 2 heteroatoms. The molecule has 0 radical (unpaired) electrons. The smallest absolute Gasteiger partial charge is 0.344 e. The number of rotatable bonds is 5. The van der Waals surface area contributed by atoms with Crippen molar-refractivity contribution in [2.24, 2.45) is 5.41 Å². The Hall–Kier alpha value is -2.27. The second-order valence-electron chi connectivity index (χ2n) is 6.96. The highest BCUT2D eigenvalue weighted by molar-refractivity contribution is 5.84.